The molecule has 4 rings (SSSR count). The van der Waals surface area contributed by atoms with Gasteiger partial charge >= 0.3 is 0 Å². The molecule has 144 valence electrons. The number of hydrogen-bond acceptors (Lipinski definition) is 2. The SMILES string of the molecule is C=CCn1c(=NC(=O)C(c2ccccc2)c2ccccc2)sc2cccc(C)c21. The minimum absolute atomic E-state index is 0.163. The standard InChI is InChI=1S/C25H22N2OS/c1-3-17-27-23-18(2)11-10-16-21(23)29-25(27)26-24(28)22(19-12-6-4-7-13-19)20-14-8-5-9-15-20/h3-16,22H,1,17H2,2H3. The van der Waals surface area contributed by atoms with Crippen molar-refractivity contribution in [3.05, 3.63) is 113 Å². The zero-order valence-electron chi connectivity index (χ0n) is 16.3. The van der Waals surface area contributed by atoms with Crippen LogP contribution in [0.5, 0.6) is 0 Å². The van der Waals surface area contributed by atoms with Gasteiger partial charge in [0, 0.05) is 6.54 Å². The summed E-state index contributed by atoms with van der Waals surface area (Å²) < 4.78 is 3.20. The lowest BCUT2D eigenvalue weighted by Crippen LogP contribution is -2.20. The van der Waals surface area contributed by atoms with Crippen LogP contribution < -0.4 is 4.80 Å². The molecule has 3 nitrogen and oxygen atoms in total. The number of carbonyl (C=O) groups is 1. The van der Waals surface area contributed by atoms with E-state index in [2.05, 4.69) is 35.2 Å². The molecule has 0 radical (unpaired) electrons. The highest BCUT2D eigenvalue weighted by atomic mass is 32.1. The molecule has 0 unspecified atom stereocenters. The van der Waals surface area contributed by atoms with Crippen molar-refractivity contribution in [2.24, 2.45) is 4.99 Å². The van der Waals surface area contributed by atoms with Crippen LogP contribution in [0.4, 0.5) is 0 Å². The first-order valence-corrected chi connectivity index (χ1v) is 10.4. The maximum atomic E-state index is 13.4. The fraction of sp³-hybridized carbons (Fsp3) is 0.120. The number of thiazole rings is 1. The van der Waals surface area contributed by atoms with Crippen LogP contribution in [0.25, 0.3) is 10.2 Å². The Labute approximate surface area is 174 Å². The number of benzene rings is 3. The van der Waals surface area contributed by atoms with Crippen LogP contribution in [0.1, 0.15) is 22.6 Å². The number of rotatable bonds is 5. The number of amides is 1. The Balaban J connectivity index is 1.88. The van der Waals surface area contributed by atoms with Crippen molar-refractivity contribution in [2.75, 3.05) is 0 Å². The molecule has 0 N–H and O–H groups in total. The molecule has 1 aromatic heterocycles. The van der Waals surface area contributed by atoms with E-state index in [9.17, 15) is 4.79 Å². The summed E-state index contributed by atoms with van der Waals surface area (Å²) in [5.74, 6) is -0.592. The van der Waals surface area contributed by atoms with E-state index in [4.69, 9.17) is 0 Å². The van der Waals surface area contributed by atoms with Crippen LogP contribution in [0.3, 0.4) is 0 Å². The van der Waals surface area contributed by atoms with Gasteiger partial charge < -0.3 is 4.57 Å². The average molecular weight is 399 g/mol. The summed E-state index contributed by atoms with van der Waals surface area (Å²) in [6.07, 6.45) is 1.84. The molecule has 0 aliphatic rings. The smallest absolute Gasteiger partial charge is 0.260 e. The van der Waals surface area contributed by atoms with Crippen molar-refractivity contribution in [3.63, 3.8) is 0 Å². The summed E-state index contributed by atoms with van der Waals surface area (Å²) in [6.45, 7) is 6.57. The summed E-state index contributed by atoms with van der Waals surface area (Å²) in [5.41, 5.74) is 4.16. The predicted octanol–water partition coefficient (Wildman–Crippen LogP) is 5.46. The second kappa shape index (κ2) is 8.41. The van der Waals surface area contributed by atoms with Crippen molar-refractivity contribution < 1.29 is 4.79 Å². The van der Waals surface area contributed by atoms with Gasteiger partial charge in [-0.2, -0.15) is 4.99 Å². The van der Waals surface area contributed by atoms with Gasteiger partial charge in [-0.25, -0.2) is 0 Å². The highest BCUT2D eigenvalue weighted by Crippen LogP contribution is 2.26. The van der Waals surface area contributed by atoms with Gasteiger partial charge in [-0.15, -0.1) is 6.58 Å². The van der Waals surface area contributed by atoms with E-state index in [0.717, 1.165) is 26.9 Å². The number of nitrogens with zero attached hydrogens (tertiary/aromatic N) is 2. The lowest BCUT2D eigenvalue weighted by molar-refractivity contribution is -0.118. The predicted molar refractivity (Wildman–Crippen MR) is 120 cm³/mol. The Morgan fingerprint density at radius 1 is 1.00 bits per heavy atom. The number of carbonyl (C=O) groups excluding carboxylic acids is 1. The molecule has 1 heterocycles. The average Bonchev–Trinajstić information content (AvgIpc) is 3.08. The van der Waals surface area contributed by atoms with Gasteiger partial charge in [-0.1, -0.05) is 90.2 Å². The number of fused-ring (bicyclic) bond motifs is 1. The number of para-hydroxylation sites is 1. The molecule has 0 spiro atoms. The van der Waals surface area contributed by atoms with E-state index in [-0.39, 0.29) is 5.91 Å². The first kappa shape index (κ1) is 19.1. The van der Waals surface area contributed by atoms with E-state index in [1.807, 2.05) is 72.8 Å². The van der Waals surface area contributed by atoms with Crippen LogP contribution in [0.15, 0.2) is 96.5 Å². The van der Waals surface area contributed by atoms with Gasteiger partial charge in [0.25, 0.3) is 5.91 Å². The highest BCUT2D eigenvalue weighted by molar-refractivity contribution is 7.16. The molecule has 0 fully saturated rings. The molecule has 0 saturated carbocycles. The zero-order valence-corrected chi connectivity index (χ0v) is 17.1. The van der Waals surface area contributed by atoms with Crippen LogP contribution in [0, 0.1) is 6.92 Å². The van der Waals surface area contributed by atoms with Gasteiger partial charge in [0.15, 0.2) is 4.80 Å². The highest BCUT2D eigenvalue weighted by Gasteiger charge is 2.22. The molecular formula is C25H22N2OS. The minimum Gasteiger partial charge on any atom is -0.312 e. The largest absolute Gasteiger partial charge is 0.312 e. The summed E-state index contributed by atoms with van der Waals surface area (Å²) in [6, 6.07) is 25.9. The minimum atomic E-state index is -0.430. The number of aromatic nitrogens is 1. The monoisotopic (exact) mass is 398 g/mol. The summed E-state index contributed by atoms with van der Waals surface area (Å²) in [7, 11) is 0. The van der Waals surface area contributed by atoms with Gasteiger partial charge in [-0.05, 0) is 29.7 Å². The Morgan fingerprint density at radius 2 is 1.62 bits per heavy atom. The second-order valence-corrected chi connectivity index (χ2v) is 7.92. The molecule has 1 amide bonds. The van der Waals surface area contributed by atoms with Crippen molar-refractivity contribution in [2.45, 2.75) is 19.4 Å². The number of hydrogen-bond donors (Lipinski definition) is 0. The molecule has 0 aliphatic heterocycles. The topological polar surface area (TPSA) is 34.4 Å². The van der Waals surface area contributed by atoms with Crippen molar-refractivity contribution in [1.82, 2.24) is 4.57 Å². The lowest BCUT2D eigenvalue weighted by atomic mass is 9.91. The third kappa shape index (κ3) is 3.84. The van der Waals surface area contributed by atoms with Crippen molar-refractivity contribution in [1.29, 1.82) is 0 Å². The molecule has 0 saturated heterocycles. The van der Waals surface area contributed by atoms with Crippen molar-refractivity contribution >= 4 is 27.5 Å². The van der Waals surface area contributed by atoms with Gasteiger partial charge in [0.1, 0.15) is 0 Å². The summed E-state index contributed by atoms with van der Waals surface area (Å²) in [5, 5.41) is 0. The maximum Gasteiger partial charge on any atom is 0.260 e. The van der Waals surface area contributed by atoms with Crippen LogP contribution >= 0.6 is 11.3 Å². The van der Waals surface area contributed by atoms with Crippen LogP contribution in [0.2, 0.25) is 0 Å². The Morgan fingerprint density at radius 3 is 2.21 bits per heavy atom. The Hall–Kier alpha value is -3.24. The van der Waals surface area contributed by atoms with E-state index >= 15 is 0 Å². The maximum absolute atomic E-state index is 13.4. The first-order valence-electron chi connectivity index (χ1n) is 9.57. The third-order valence-electron chi connectivity index (χ3n) is 4.93. The Bertz CT molecular complexity index is 1180. The van der Waals surface area contributed by atoms with Gasteiger partial charge in [-0.3, -0.25) is 4.79 Å². The first-order chi connectivity index (χ1) is 14.2. The van der Waals surface area contributed by atoms with E-state index in [0.29, 0.717) is 11.3 Å². The quantitative estimate of drug-likeness (QED) is 0.411. The number of aryl methyl sites for hydroxylation is 1. The molecule has 29 heavy (non-hydrogen) atoms. The fourth-order valence-corrected chi connectivity index (χ4v) is 4.74. The third-order valence-corrected chi connectivity index (χ3v) is 5.98. The van der Waals surface area contributed by atoms with Crippen LogP contribution in [-0.4, -0.2) is 10.5 Å². The second-order valence-electron chi connectivity index (χ2n) is 6.91. The summed E-state index contributed by atoms with van der Waals surface area (Å²) in [4.78, 5) is 18.7. The molecule has 0 bridgehead atoms. The molecule has 3 aromatic carbocycles. The molecule has 4 aromatic rings. The molecule has 4 heteroatoms. The molecular weight excluding hydrogens is 376 g/mol. The summed E-state index contributed by atoms with van der Waals surface area (Å²) >= 11 is 1.54. The molecule has 0 atom stereocenters. The molecule has 0 aliphatic carbocycles. The zero-order chi connectivity index (χ0) is 20.2. The Kier molecular flexibility index (Phi) is 5.54. The normalized spacial score (nSPS) is 11.9. The van der Waals surface area contributed by atoms with E-state index in [1.54, 1.807) is 11.3 Å². The number of allylic oxidation sites excluding steroid dienone is 1. The van der Waals surface area contributed by atoms with Crippen molar-refractivity contribution in [3.8, 4) is 0 Å². The van der Waals surface area contributed by atoms with Gasteiger partial charge in [0.05, 0.1) is 16.1 Å². The fourth-order valence-electron chi connectivity index (χ4n) is 3.62. The van der Waals surface area contributed by atoms with E-state index < -0.39 is 5.92 Å². The lowest BCUT2D eigenvalue weighted by Gasteiger charge is -2.14. The van der Waals surface area contributed by atoms with E-state index in [1.165, 1.54) is 0 Å². The van der Waals surface area contributed by atoms with Crippen LogP contribution in [-0.2, 0) is 11.3 Å². The van der Waals surface area contributed by atoms with Gasteiger partial charge in [0.2, 0.25) is 0 Å².